The number of nitrogens with two attached hydrogens (primary N) is 1. The number of carbonyl (C=O) groups excluding carboxylic acids is 2. The van der Waals surface area contributed by atoms with Crippen molar-refractivity contribution >= 4 is 30.6 Å². The largest absolute Gasteiger partial charge is 0.496 e. The molecule has 3 N–H and O–H groups in total. The van der Waals surface area contributed by atoms with Crippen molar-refractivity contribution in [3.8, 4) is 5.75 Å². The highest BCUT2D eigenvalue weighted by molar-refractivity contribution is 7.82. The SMILES string of the molecule is COc1cc(N(S)C(N)=O)ccc1CCNC(=O)OC(C)(C)C. The molecule has 0 spiro atoms. The second-order valence-electron chi connectivity index (χ2n) is 5.82. The number of amides is 3. The molecule has 0 aliphatic heterocycles. The maximum Gasteiger partial charge on any atom is 0.407 e. The molecule has 1 rings (SSSR count). The summed E-state index contributed by atoms with van der Waals surface area (Å²) < 4.78 is 11.5. The minimum Gasteiger partial charge on any atom is -0.496 e. The van der Waals surface area contributed by atoms with Crippen molar-refractivity contribution in [1.82, 2.24) is 5.32 Å². The Bertz CT molecular complexity index is 572. The van der Waals surface area contributed by atoms with Gasteiger partial charge in [-0.25, -0.2) is 13.9 Å². The van der Waals surface area contributed by atoms with Gasteiger partial charge in [0.2, 0.25) is 0 Å². The molecule has 23 heavy (non-hydrogen) atoms. The topological polar surface area (TPSA) is 93.9 Å². The van der Waals surface area contributed by atoms with E-state index in [9.17, 15) is 9.59 Å². The standard InChI is InChI=1S/C15H23N3O4S/c1-15(2,3)22-14(20)17-8-7-10-5-6-11(9-12(10)21-4)18(23)13(16)19/h5-6,9,23H,7-8H2,1-4H3,(H2,16,19)(H,17,20). The molecule has 0 saturated carbocycles. The molecule has 1 aromatic carbocycles. The number of rotatable bonds is 5. The first-order valence-electron chi connectivity index (χ1n) is 7.06. The van der Waals surface area contributed by atoms with Gasteiger partial charge >= 0.3 is 12.1 Å². The van der Waals surface area contributed by atoms with Crippen LogP contribution in [-0.2, 0) is 11.2 Å². The smallest absolute Gasteiger partial charge is 0.407 e. The first kappa shape index (κ1) is 19.0. The number of ether oxygens (including phenoxy) is 2. The number of benzene rings is 1. The third kappa shape index (κ3) is 6.27. The molecule has 0 radical (unpaired) electrons. The minimum absolute atomic E-state index is 0.394. The quantitative estimate of drug-likeness (QED) is 0.717. The molecule has 1 aromatic rings. The van der Waals surface area contributed by atoms with E-state index in [1.165, 1.54) is 7.11 Å². The van der Waals surface area contributed by atoms with Gasteiger partial charge in [-0.05, 0) is 38.8 Å². The molecule has 3 amide bonds. The molecule has 0 heterocycles. The van der Waals surface area contributed by atoms with E-state index >= 15 is 0 Å². The molecular formula is C15H23N3O4S. The summed E-state index contributed by atoms with van der Waals surface area (Å²) in [6.45, 7) is 5.80. The van der Waals surface area contributed by atoms with E-state index in [0.717, 1.165) is 9.87 Å². The number of carbonyl (C=O) groups is 2. The van der Waals surface area contributed by atoms with Gasteiger partial charge in [-0.3, -0.25) is 0 Å². The molecule has 128 valence electrons. The zero-order valence-corrected chi connectivity index (χ0v) is 14.6. The number of urea groups is 1. The number of thiol groups is 1. The highest BCUT2D eigenvalue weighted by atomic mass is 32.1. The molecule has 0 fully saturated rings. The van der Waals surface area contributed by atoms with Crippen molar-refractivity contribution in [2.24, 2.45) is 5.73 Å². The Labute approximate surface area is 141 Å². The van der Waals surface area contributed by atoms with E-state index in [2.05, 4.69) is 18.1 Å². The van der Waals surface area contributed by atoms with E-state index in [0.29, 0.717) is 24.4 Å². The third-order valence-corrected chi connectivity index (χ3v) is 3.21. The number of methoxy groups -OCH3 is 1. The predicted molar refractivity (Wildman–Crippen MR) is 92.0 cm³/mol. The number of anilines is 1. The van der Waals surface area contributed by atoms with Crippen LogP contribution in [0.3, 0.4) is 0 Å². The van der Waals surface area contributed by atoms with Crippen molar-refractivity contribution in [2.45, 2.75) is 32.8 Å². The van der Waals surface area contributed by atoms with Crippen LogP contribution in [0, 0.1) is 0 Å². The van der Waals surface area contributed by atoms with Crippen molar-refractivity contribution in [3.05, 3.63) is 23.8 Å². The Kier molecular flexibility index (Phi) is 6.56. The van der Waals surface area contributed by atoms with E-state index in [1.807, 2.05) is 0 Å². The Morgan fingerprint density at radius 1 is 1.35 bits per heavy atom. The van der Waals surface area contributed by atoms with Crippen LogP contribution in [0.4, 0.5) is 15.3 Å². The summed E-state index contributed by atoms with van der Waals surface area (Å²) in [5.74, 6) is 0.578. The van der Waals surface area contributed by atoms with Gasteiger partial charge in [-0.2, -0.15) is 0 Å². The van der Waals surface area contributed by atoms with Crippen molar-refractivity contribution in [1.29, 1.82) is 0 Å². The van der Waals surface area contributed by atoms with Crippen LogP contribution < -0.4 is 20.1 Å². The Morgan fingerprint density at radius 2 is 2.00 bits per heavy atom. The number of nitrogens with one attached hydrogen (secondary N) is 1. The van der Waals surface area contributed by atoms with Gasteiger partial charge in [0, 0.05) is 12.6 Å². The summed E-state index contributed by atoms with van der Waals surface area (Å²) >= 11 is 4.00. The van der Waals surface area contributed by atoms with Crippen LogP contribution >= 0.6 is 12.8 Å². The zero-order chi connectivity index (χ0) is 17.6. The van der Waals surface area contributed by atoms with Crippen LogP contribution in [0.2, 0.25) is 0 Å². The van der Waals surface area contributed by atoms with Crippen LogP contribution in [0.15, 0.2) is 18.2 Å². The zero-order valence-electron chi connectivity index (χ0n) is 13.8. The maximum atomic E-state index is 11.6. The molecule has 0 aromatic heterocycles. The monoisotopic (exact) mass is 341 g/mol. The highest BCUT2D eigenvalue weighted by Gasteiger charge is 2.16. The number of hydrogen-bond donors (Lipinski definition) is 3. The number of primary amides is 1. The lowest BCUT2D eigenvalue weighted by Gasteiger charge is -2.20. The molecule has 0 bridgehead atoms. The summed E-state index contributed by atoms with van der Waals surface area (Å²) in [5, 5.41) is 2.68. The average molecular weight is 341 g/mol. The Balaban J connectivity index is 2.67. The fourth-order valence-corrected chi connectivity index (χ4v) is 1.94. The average Bonchev–Trinajstić information content (AvgIpc) is 2.44. The van der Waals surface area contributed by atoms with Gasteiger partial charge in [0.05, 0.1) is 12.8 Å². The summed E-state index contributed by atoms with van der Waals surface area (Å²) in [7, 11) is 1.52. The van der Waals surface area contributed by atoms with E-state index in [-0.39, 0.29) is 0 Å². The van der Waals surface area contributed by atoms with Gasteiger partial charge in [0.1, 0.15) is 11.4 Å². The molecule has 0 aliphatic rings. The third-order valence-electron chi connectivity index (χ3n) is 2.79. The first-order chi connectivity index (χ1) is 10.6. The van der Waals surface area contributed by atoms with E-state index in [4.69, 9.17) is 15.2 Å². The highest BCUT2D eigenvalue weighted by Crippen LogP contribution is 2.26. The first-order valence-corrected chi connectivity index (χ1v) is 7.46. The maximum absolute atomic E-state index is 11.6. The van der Waals surface area contributed by atoms with Crippen LogP contribution in [-0.4, -0.2) is 31.4 Å². The van der Waals surface area contributed by atoms with Gasteiger partial charge in [-0.15, -0.1) is 0 Å². The van der Waals surface area contributed by atoms with Crippen LogP contribution in [0.5, 0.6) is 5.75 Å². The summed E-state index contributed by atoms with van der Waals surface area (Å²) in [5.41, 5.74) is 6.01. The van der Waals surface area contributed by atoms with Crippen LogP contribution in [0.1, 0.15) is 26.3 Å². The number of nitrogens with zero attached hydrogens (tertiary/aromatic N) is 1. The van der Waals surface area contributed by atoms with Gasteiger partial charge in [0.25, 0.3) is 0 Å². The number of alkyl carbamates (subject to hydrolysis) is 1. The Hall–Kier alpha value is -2.09. The van der Waals surface area contributed by atoms with Crippen molar-refractivity contribution in [3.63, 3.8) is 0 Å². The van der Waals surface area contributed by atoms with E-state index in [1.54, 1.807) is 39.0 Å². The van der Waals surface area contributed by atoms with Gasteiger partial charge < -0.3 is 20.5 Å². The van der Waals surface area contributed by atoms with Crippen molar-refractivity contribution < 1.29 is 19.1 Å². The fraction of sp³-hybridized carbons (Fsp3) is 0.467. The summed E-state index contributed by atoms with van der Waals surface area (Å²) in [6.07, 6.45) is 0.0783. The lowest BCUT2D eigenvalue weighted by Crippen LogP contribution is -2.33. The van der Waals surface area contributed by atoms with Gasteiger partial charge in [-0.1, -0.05) is 18.9 Å². The molecule has 8 heteroatoms. The molecule has 0 saturated heterocycles. The number of hydrogen-bond acceptors (Lipinski definition) is 5. The molecule has 7 nitrogen and oxygen atoms in total. The van der Waals surface area contributed by atoms with E-state index < -0.39 is 17.7 Å². The Morgan fingerprint density at radius 3 is 2.52 bits per heavy atom. The lowest BCUT2D eigenvalue weighted by molar-refractivity contribution is 0.0528. The summed E-state index contributed by atoms with van der Waals surface area (Å²) in [6, 6.07) is 4.45. The van der Waals surface area contributed by atoms with Crippen LogP contribution in [0.25, 0.3) is 0 Å². The second-order valence-corrected chi connectivity index (χ2v) is 6.22. The second kappa shape index (κ2) is 7.96. The molecule has 0 atom stereocenters. The lowest BCUT2D eigenvalue weighted by atomic mass is 10.1. The minimum atomic E-state index is -0.685. The fourth-order valence-electron chi connectivity index (χ4n) is 1.81. The van der Waals surface area contributed by atoms with Crippen molar-refractivity contribution in [2.75, 3.05) is 18.0 Å². The van der Waals surface area contributed by atoms with Gasteiger partial charge in [0.15, 0.2) is 0 Å². The molecule has 0 aliphatic carbocycles. The molecule has 0 unspecified atom stereocenters. The normalized spacial score (nSPS) is 10.8. The molecular weight excluding hydrogens is 318 g/mol. The predicted octanol–water partition coefficient (Wildman–Crippen LogP) is 2.49. The summed E-state index contributed by atoms with van der Waals surface area (Å²) in [4.78, 5) is 22.7.